The number of sulfonamides is 1. The monoisotopic (exact) mass is 390 g/mol. The van der Waals surface area contributed by atoms with Crippen LogP contribution < -0.4 is 4.72 Å². The highest BCUT2D eigenvalue weighted by Crippen LogP contribution is 2.21. The van der Waals surface area contributed by atoms with Gasteiger partial charge in [0.1, 0.15) is 11.9 Å². The topological polar surface area (TPSA) is 66.5 Å². The Balaban J connectivity index is 1.81. The highest BCUT2D eigenvalue weighted by Gasteiger charge is 2.30. The van der Waals surface area contributed by atoms with Crippen molar-refractivity contribution in [1.82, 2.24) is 9.62 Å². The molecule has 1 saturated heterocycles. The number of carbonyl (C=O) groups is 1. The van der Waals surface area contributed by atoms with E-state index in [1.165, 1.54) is 24.3 Å². The first-order valence-corrected chi connectivity index (χ1v) is 10.7. The van der Waals surface area contributed by atoms with Gasteiger partial charge in [0.2, 0.25) is 15.9 Å². The molecule has 0 bridgehead atoms. The first kappa shape index (κ1) is 19.5. The first-order valence-electron chi connectivity index (χ1n) is 9.03. The largest absolute Gasteiger partial charge is 0.341 e. The third-order valence-corrected chi connectivity index (χ3v) is 5.92. The normalized spacial score (nSPS) is 16.1. The summed E-state index contributed by atoms with van der Waals surface area (Å²) in [5.41, 5.74) is 1.07. The molecule has 1 heterocycles. The minimum atomic E-state index is -3.80. The summed E-state index contributed by atoms with van der Waals surface area (Å²) in [6.07, 6.45) is 2.93. The number of benzene rings is 2. The van der Waals surface area contributed by atoms with Gasteiger partial charge in [0.05, 0.1) is 5.75 Å². The van der Waals surface area contributed by atoms with Crippen molar-refractivity contribution < 1.29 is 17.6 Å². The predicted octanol–water partition coefficient (Wildman–Crippen LogP) is 3.00. The SMILES string of the molecule is O=C([C@@H](NS(=O)(=O)Cc1ccc(F)cc1)c1ccccc1)N1CCCCC1. The molecule has 0 aromatic heterocycles. The number of halogens is 1. The van der Waals surface area contributed by atoms with Gasteiger partial charge in [-0.1, -0.05) is 42.5 Å². The van der Waals surface area contributed by atoms with Gasteiger partial charge in [0.15, 0.2) is 0 Å². The summed E-state index contributed by atoms with van der Waals surface area (Å²) in [7, 11) is -3.80. The van der Waals surface area contributed by atoms with Crippen LogP contribution in [0.5, 0.6) is 0 Å². The zero-order chi connectivity index (χ0) is 19.3. The lowest BCUT2D eigenvalue weighted by molar-refractivity contribution is -0.134. The number of likely N-dealkylation sites (tertiary alicyclic amines) is 1. The minimum Gasteiger partial charge on any atom is -0.341 e. The zero-order valence-electron chi connectivity index (χ0n) is 15.0. The van der Waals surface area contributed by atoms with Crippen LogP contribution in [0.4, 0.5) is 4.39 Å². The van der Waals surface area contributed by atoms with E-state index in [-0.39, 0.29) is 11.7 Å². The van der Waals surface area contributed by atoms with E-state index in [1.54, 1.807) is 29.2 Å². The summed E-state index contributed by atoms with van der Waals surface area (Å²) in [6, 6.07) is 13.2. The Hall–Kier alpha value is -2.25. The van der Waals surface area contributed by atoms with Crippen molar-refractivity contribution in [3.8, 4) is 0 Å². The standard InChI is InChI=1S/C20H23FN2O3S/c21-18-11-9-16(10-12-18)15-27(25,26)22-19(17-7-3-1-4-8-17)20(24)23-13-5-2-6-14-23/h1,3-4,7-12,19,22H,2,5-6,13-15H2/t19-/m0/s1. The summed E-state index contributed by atoms with van der Waals surface area (Å²) >= 11 is 0. The van der Waals surface area contributed by atoms with Crippen LogP contribution in [0.2, 0.25) is 0 Å². The Bertz CT molecular complexity index is 864. The van der Waals surface area contributed by atoms with Gasteiger partial charge in [-0.15, -0.1) is 0 Å². The Morgan fingerprint density at radius 2 is 1.63 bits per heavy atom. The third kappa shape index (κ3) is 5.37. The quantitative estimate of drug-likeness (QED) is 0.825. The summed E-state index contributed by atoms with van der Waals surface area (Å²) in [5, 5.41) is 0. The van der Waals surface area contributed by atoms with Crippen molar-refractivity contribution in [2.24, 2.45) is 0 Å². The molecule has 144 valence electrons. The molecule has 1 aliphatic rings. The summed E-state index contributed by atoms with van der Waals surface area (Å²) in [4.78, 5) is 14.7. The van der Waals surface area contributed by atoms with Gasteiger partial charge >= 0.3 is 0 Å². The average molecular weight is 390 g/mol. The molecular weight excluding hydrogens is 367 g/mol. The molecule has 27 heavy (non-hydrogen) atoms. The maximum Gasteiger partial charge on any atom is 0.245 e. The molecule has 0 saturated carbocycles. The van der Waals surface area contributed by atoms with Crippen LogP contribution in [0.25, 0.3) is 0 Å². The molecule has 2 aromatic carbocycles. The Labute approximate surface area is 159 Å². The molecule has 1 aliphatic heterocycles. The number of carbonyl (C=O) groups excluding carboxylic acids is 1. The van der Waals surface area contributed by atoms with E-state index < -0.39 is 21.9 Å². The number of hydrogen-bond acceptors (Lipinski definition) is 3. The molecule has 1 N–H and O–H groups in total. The molecular formula is C20H23FN2O3S. The van der Waals surface area contributed by atoms with Crippen molar-refractivity contribution in [3.05, 3.63) is 71.5 Å². The van der Waals surface area contributed by atoms with E-state index in [9.17, 15) is 17.6 Å². The summed E-state index contributed by atoms with van der Waals surface area (Å²) < 4.78 is 41.0. The molecule has 1 atom stereocenters. The van der Waals surface area contributed by atoms with E-state index in [0.717, 1.165) is 19.3 Å². The first-order chi connectivity index (χ1) is 12.9. The van der Waals surface area contributed by atoms with E-state index in [0.29, 0.717) is 24.2 Å². The molecule has 5 nitrogen and oxygen atoms in total. The fourth-order valence-electron chi connectivity index (χ4n) is 3.22. The molecule has 3 rings (SSSR count). The van der Waals surface area contributed by atoms with Crippen LogP contribution >= 0.6 is 0 Å². The molecule has 0 radical (unpaired) electrons. The molecule has 0 unspecified atom stereocenters. The second-order valence-electron chi connectivity index (χ2n) is 6.73. The van der Waals surface area contributed by atoms with Crippen molar-refractivity contribution in [2.45, 2.75) is 31.1 Å². The van der Waals surface area contributed by atoms with Gasteiger partial charge in [0, 0.05) is 13.1 Å². The third-order valence-electron chi connectivity index (χ3n) is 4.61. The van der Waals surface area contributed by atoms with E-state index >= 15 is 0 Å². The number of nitrogens with zero attached hydrogens (tertiary/aromatic N) is 1. The summed E-state index contributed by atoms with van der Waals surface area (Å²) in [6.45, 7) is 1.28. The molecule has 1 fully saturated rings. The number of hydrogen-bond donors (Lipinski definition) is 1. The molecule has 2 aromatic rings. The van der Waals surface area contributed by atoms with Crippen LogP contribution in [-0.2, 0) is 20.6 Å². The fraction of sp³-hybridized carbons (Fsp3) is 0.350. The number of rotatable bonds is 6. The zero-order valence-corrected chi connectivity index (χ0v) is 15.8. The van der Waals surface area contributed by atoms with Gasteiger partial charge < -0.3 is 4.90 Å². The lowest BCUT2D eigenvalue weighted by atomic mass is 10.0. The van der Waals surface area contributed by atoms with Gasteiger partial charge in [-0.05, 0) is 42.5 Å². The lowest BCUT2D eigenvalue weighted by Gasteiger charge is -2.31. The van der Waals surface area contributed by atoms with Gasteiger partial charge in [-0.2, -0.15) is 4.72 Å². The van der Waals surface area contributed by atoms with E-state index in [4.69, 9.17) is 0 Å². The van der Waals surface area contributed by atoms with E-state index in [1.807, 2.05) is 6.07 Å². The Morgan fingerprint density at radius 3 is 2.26 bits per heavy atom. The maximum atomic E-state index is 13.0. The lowest BCUT2D eigenvalue weighted by Crippen LogP contribution is -2.45. The molecule has 1 amide bonds. The molecule has 0 aliphatic carbocycles. The Kier molecular flexibility index (Phi) is 6.23. The van der Waals surface area contributed by atoms with Crippen molar-refractivity contribution in [3.63, 3.8) is 0 Å². The van der Waals surface area contributed by atoms with Gasteiger partial charge in [-0.3, -0.25) is 4.79 Å². The van der Waals surface area contributed by atoms with Crippen molar-refractivity contribution >= 4 is 15.9 Å². The van der Waals surface area contributed by atoms with Crippen LogP contribution in [0.3, 0.4) is 0 Å². The molecule has 0 spiro atoms. The van der Waals surface area contributed by atoms with Crippen LogP contribution in [0, 0.1) is 5.82 Å². The number of nitrogens with one attached hydrogen (secondary N) is 1. The van der Waals surface area contributed by atoms with Gasteiger partial charge in [-0.25, -0.2) is 12.8 Å². The van der Waals surface area contributed by atoms with Crippen LogP contribution in [0.1, 0.15) is 36.4 Å². The second-order valence-corrected chi connectivity index (χ2v) is 8.49. The highest BCUT2D eigenvalue weighted by molar-refractivity contribution is 7.88. The van der Waals surface area contributed by atoms with E-state index in [2.05, 4.69) is 4.72 Å². The smallest absolute Gasteiger partial charge is 0.245 e. The van der Waals surface area contributed by atoms with Crippen LogP contribution in [-0.4, -0.2) is 32.3 Å². The van der Waals surface area contributed by atoms with Crippen molar-refractivity contribution in [1.29, 1.82) is 0 Å². The minimum absolute atomic E-state index is 0.233. The highest BCUT2D eigenvalue weighted by atomic mass is 32.2. The average Bonchev–Trinajstić information content (AvgIpc) is 2.69. The predicted molar refractivity (Wildman–Crippen MR) is 102 cm³/mol. The van der Waals surface area contributed by atoms with Crippen molar-refractivity contribution in [2.75, 3.05) is 13.1 Å². The number of amides is 1. The number of piperidine rings is 1. The van der Waals surface area contributed by atoms with Crippen LogP contribution in [0.15, 0.2) is 54.6 Å². The fourth-order valence-corrected chi connectivity index (χ4v) is 4.54. The second kappa shape index (κ2) is 8.63. The summed E-state index contributed by atoms with van der Waals surface area (Å²) in [5.74, 6) is -0.973. The van der Waals surface area contributed by atoms with Gasteiger partial charge in [0.25, 0.3) is 0 Å². The Morgan fingerprint density at radius 1 is 1.00 bits per heavy atom. The maximum absolute atomic E-state index is 13.0. The molecule has 7 heteroatoms.